The van der Waals surface area contributed by atoms with Crippen LogP contribution in [-0.4, -0.2) is 50.1 Å². The van der Waals surface area contributed by atoms with Gasteiger partial charge in [-0.2, -0.15) is 0 Å². The van der Waals surface area contributed by atoms with Crippen LogP contribution in [0.5, 0.6) is 11.5 Å². The lowest BCUT2D eigenvalue weighted by Gasteiger charge is -2.27. The van der Waals surface area contributed by atoms with Crippen LogP contribution in [-0.2, 0) is 0 Å². The van der Waals surface area contributed by atoms with Gasteiger partial charge in [0.25, 0.3) is 11.8 Å². The highest BCUT2D eigenvalue weighted by Gasteiger charge is 2.31. The molecule has 0 fully saturated rings. The second-order valence-corrected chi connectivity index (χ2v) is 6.75. The van der Waals surface area contributed by atoms with Crippen molar-refractivity contribution < 1.29 is 19.1 Å². The van der Waals surface area contributed by atoms with Crippen LogP contribution in [0.25, 0.3) is 10.8 Å². The second kappa shape index (κ2) is 8.32. The molecule has 0 aliphatic carbocycles. The van der Waals surface area contributed by atoms with Gasteiger partial charge < -0.3 is 14.8 Å². The normalized spacial score (nSPS) is 13.1. The predicted octanol–water partition coefficient (Wildman–Crippen LogP) is 3.11. The van der Waals surface area contributed by atoms with Crippen LogP contribution in [0.1, 0.15) is 20.7 Å². The summed E-state index contributed by atoms with van der Waals surface area (Å²) in [6.07, 6.45) is 0. The molecule has 148 valence electrons. The highest BCUT2D eigenvalue weighted by atomic mass is 16.5. The lowest BCUT2D eigenvalue weighted by atomic mass is 9.94. The van der Waals surface area contributed by atoms with E-state index >= 15 is 0 Å². The van der Waals surface area contributed by atoms with Crippen molar-refractivity contribution in [2.45, 2.75) is 0 Å². The van der Waals surface area contributed by atoms with Crippen LogP contribution in [0.15, 0.2) is 60.7 Å². The Morgan fingerprint density at radius 1 is 0.862 bits per heavy atom. The van der Waals surface area contributed by atoms with Gasteiger partial charge in [0.2, 0.25) is 0 Å². The Morgan fingerprint density at radius 3 is 2.21 bits per heavy atom. The Hall–Kier alpha value is -3.38. The highest BCUT2D eigenvalue weighted by molar-refractivity contribution is 6.25. The molecule has 1 N–H and O–H groups in total. The largest absolute Gasteiger partial charge is 0.497 e. The quantitative estimate of drug-likeness (QED) is 0.473. The zero-order valence-corrected chi connectivity index (χ0v) is 16.2. The molecule has 6 nitrogen and oxygen atoms in total. The van der Waals surface area contributed by atoms with Gasteiger partial charge in [-0.1, -0.05) is 30.3 Å². The van der Waals surface area contributed by atoms with E-state index in [1.54, 1.807) is 19.2 Å². The summed E-state index contributed by atoms with van der Waals surface area (Å²) in [6.45, 7) is 1.87. The third kappa shape index (κ3) is 3.79. The molecule has 2 amide bonds. The van der Waals surface area contributed by atoms with Gasteiger partial charge in [-0.25, -0.2) is 0 Å². The lowest BCUT2D eigenvalue weighted by Crippen LogP contribution is -2.44. The first kappa shape index (κ1) is 19.0. The first-order chi connectivity index (χ1) is 14.2. The van der Waals surface area contributed by atoms with E-state index in [-0.39, 0.29) is 11.8 Å². The van der Waals surface area contributed by atoms with E-state index in [0.29, 0.717) is 37.4 Å². The number of methoxy groups -OCH3 is 1. The number of imide groups is 1. The molecule has 4 rings (SSSR count). The molecule has 0 saturated heterocycles. The average molecular weight is 390 g/mol. The number of hydrogen-bond acceptors (Lipinski definition) is 5. The summed E-state index contributed by atoms with van der Waals surface area (Å²) in [7, 11) is 1.61. The number of ether oxygens (including phenoxy) is 2. The molecule has 3 aromatic carbocycles. The van der Waals surface area contributed by atoms with Crippen molar-refractivity contribution in [1.82, 2.24) is 10.2 Å². The van der Waals surface area contributed by atoms with Gasteiger partial charge in [-0.05, 0) is 29.7 Å². The summed E-state index contributed by atoms with van der Waals surface area (Å²) in [5.74, 6) is 0.993. The van der Waals surface area contributed by atoms with Crippen molar-refractivity contribution in [2.24, 2.45) is 0 Å². The Morgan fingerprint density at radius 2 is 1.52 bits per heavy atom. The predicted molar refractivity (Wildman–Crippen MR) is 111 cm³/mol. The van der Waals surface area contributed by atoms with Crippen LogP contribution >= 0.6 is 0 Å². The molecule has 0 atom stereocenters. The van der Waals surface area contributed by atoms with Crippen molar-refractivity contribution >= 4 is 22.6 Å². The number of nitrogens with zero attached hydrogens (tertiary/aromatic N) is 1. The third-order valence-corrected chi connectivity index (χ3v) is 4.96. The van der Waals surface area contributed by atoms with E-state index in [1.807, 2.05) is 48.5 Å². The van der Waals surface area contributed by atoms with Gasteiger partial charge in [0, 0.05) is 42.2 Å². The van der Waals surface area contributed by atoms with Crippen molar-refractivity contribution in [3.63, 3.8) is 0 Å². The summed E-state index contributed by atoms with van der Waals surface area (Å²) in [5.41, 5.74) is 1.16. The van der Waals surface area contributed by atoms with Crippen molar-refractivity contribution in [3.05, 3.63) is 71.8 Å². The fraction of sp³-hybridized carbons (Fsp3) is 0.217. The fourth-order valence-electron chi connectivity index (χ4n) is 3.53. The topological polar surface area (TPSA) is 67.9 Å². The van der Waals surface area contributed by atoms with Crippen LogP contribution in [0.4, 0.5) is 0 Å². The van der Waals surface area contributed by atoms with Crippen LogP contribution in [0.2, 0.25) is 0 Å². The van der Waals surface area contributed by atoms with Crippen LogP contribution in [0, 0.1) is 0 Å². The maximum atomic E-state index is 12.8. The smallest absolute Gasteiger partial charge is 0.261 e. The molecule has 0 spiro atoms. The highest BCUT2D eigenvalue weighted by Crippen LogP contribution is 2.29. The molecule has 6 heteroatoms. The molecule has 0 aromatic heterocycles. The molecule has 0 radical (unpaired) electrons. The molecule has 1 heterocycles. The minimum Gasteiger partial charge on any atom is -0.497 e. The Kier molecular flexibility index (Phi) is 5.44. The fourth-order valence-corrected chi connectivity index (χ4v) is 3.53. The van der Waals surface area contributed by atoms with Crippen molar-refractivity contribution in [1.29, 1.82) is 0 Å². The average Bonchev–Trinajstić information content (AvgIpc) is 2.76. The van der Waals surface area contributed by atoms with Crippen LogP contribution < -0.4 is 14.8 Å². The minimum absolute atomic E-state index is 0.242. The number of amides is 2. The summed E-state index contributed by atoms with van der Waals surface area (Å²) in [4.78, 5) is 27.0. The summed E-state index contributed by atoms with van der Waals surface area (Å²) < 4.78 is 10.8. The SMILES string of the molecule is COc1cccc(OCCNCCN2C(=O)c3cccc4cccc(c34)C2=O)c1. The molecule has 0 unspecified atom stereocenters. The maximum Gasteiger partial charge on any atom is 0.261 e. The summed E-state index contributed by atoms with van der Waals surface area (Å²) in [6, 6.07) is 18.5. The van der Waals surface area contributed by atoms with Crippen LogP contribution in [0.3, 0.4) is 0 Å². The maximum absolute atomic E-state index is 12.8. The minimum atomic E-state index is -0.242. The number of carbonyl (C=O) groups excluding carboxylic acids is 2. The Bertz CT molecular complexity index is 1010. The van der Waals surface area contributed by atoms with E-state index in [0.717, 1.165) is 22.3 Å². The van der Waals surface area contributed by atoms with Gasteiger partial charge in [0.05, 0.1) is 7.11 Å². The van der Waals surface area contributed by atoms with Gasteiger partial charge in [0.1, 0.15) is 18.1 Å². The second-order valence-electron chi connectivity index (χ2n) is 6.75. The lowest BCUT2D eigenvalue weighted by molar-refractivity contribution is 0.0612. The first-order valence-electron chi connectivity index (χ1n) is 9.54. The third-order valence-electron chi connectivity index (χ3n) is 4.96. The monoisotopic (exact) mass is 390 g/mol. The number of nitrogens with one attached hydrogen (secondary N) is 1. The van der Waals surface area contributed by atoms with E-state index in [1.165, 1.54) is 4.90 Å². The molecular formula is C23H22N2O4. The van der Waals surface area contributed by atoms with Crippen molar-refractivity contribution in [3.8, 4) is 11.5 Å². The zero-order valence-electron chi connectivity index (χ0n) is 16.2. The molecule has 0 bridgehead atoms. The molecule has 1 aliphatic rings. The van der Waals surface area contributed by atoms with Crippen molar-refractivity contribution in [2.75, 3.05) is 33.4 Å². The first-order valence-corrected chi connectivity index (χ1v) is 9.54. The molecular weight excluding hydrogens is 368 g/mol. The van der Waals surface area contributed by atoms with E-state index in [9.17, 15) is 9.59 Å². The zero-order chi connectivity index (χ0) is 20.2. The number of carbonyl (C=O) groups is 2. The molecule has 1 aliphatic heterocycles. The van der Waals surface area contributed by atoms with Gasteiger partial charge >= 0.3 is 0 Å². The van der Waals surface area contributed by atoms with Gasteiger partial charge in [0.15, 0.2) is 0 Å². The Balaban J connectivity index is 1.31. The molecule has 0 saturated carbocycles. The standard InChI is InChI=1S/C23H22N2O4/c1-28-17-7-4-8-18(15-17)29-14-12-24-11-13-25-22(26)19-9-2-5-16-6-3-10-20(21(16)19)23(25)27/h2-10,15,24H,11-14H2,1H3. The molecule has 3 aromatic rings. The van der Waals surface area contributed by atoms with E-state index in [2.05, 4.69) is 5.32 Å². The van der Waals surface area contributed by atoms with E-state index < -0.39 is 0 Å². The molecule has 29 heavy (non-hydrogen) atoms. The van der Waals surface area contributed by atoms with Gasteiger partial charge in [-0.15, -0.1) is 0 Å². The van der Waals surface area contributed by atoms with Gasteiger partial charge in [-0.3, -0.25) is 14.5 Å². The number of benzene rings is 3. The number of rotatable bonds is 8. The summed E-state index contributed by atoms with van der Waals surface area (Å²) in [5, 5.41) is 4.88. The van der Waals surface area contributed by atoms with E-state index in [4.69, 9.17) is 9.47 Å². The number of hydrogen-bond donors (Lipinski definition) is 1. The summed E-state index contributed by atoms with van der Waals surface area (Å²) >= 11 is 0. The Labute approximate surface area is 169 Å².